The number of rotatable bonds is 2. The lowest BCUT2D eigenvalue weighted by molar-refractivity contribution is -0.0616. The molecule has 3 aliphatic rings. The number of aromatic amines is 1. The highest BCUT2D eigenvalue weighted by Gasteiger charge is 2.56. The molecule has 0 saturated carbocycles. The van der Waals surface area contributed by atoms with Gasteiger partial charge in [0.15, 0.2) is 23.5 Å². The van der Waals surface area contributed by atoms with Crippen molar-refractivity contribution in [2.45, 2.75) is 42.9 Å². The molecule has 0 radical (unpaired) electrons. The zero-order chi connectivity index (χ0) is 31.0. The van der Waals surface area contributed by atoms with Crippen LogP contribution in [0.5, 0.6) is 0 Å². The van der Waals surface area contributed by atoms with Crippen molar-refractivity contribution in [3.8, 4) is 0 Å². The van der Waals surface area contributed by atoms with Crippen LogP contribution >= 0.6 is 13.4 Å². The third-order valence-electron chi connectivity index (χ3n) is 7.40. The minimum Gasteiger partial charge on any atom is -0.383 e. The van der Waals surface area contributed by atoms with Gasteiger partial charge in [-0.25, -0.2) is 19.3 Å². The summed E-state index contributed by atoms with van der Waals surface area (Å²) in [4.78, 5) is 53.1. The van der Waals surface area contributed by atoms with E-state index in [-0.39, 0.29) is 41.6 Å². The molecule has 3 fully saturated rings. The van der Waals surface area contributed by atoms with Crippen LogP contribution in [0.15, 0.2) is 29.7 Å². The van der Waals surface area contributed by atoms with Gasteiger partial charge in [0.05, 0.1) is 31.0 Å². The summed E-state index contributed by atoms with van der Waals surface area (Å²) in [5.41, 5.74) is 11.3. The molecule has 7 heterocycles. The van der Waals surface area contributed by atoms with Crippen LogP contribution < -0.4 is 17.0 Å². The van der Waals surface area contributed by atoms with Gasteiger partial charge in [0.25, 0.3) is 5.56 Å². The molecule has 18 nitrogen and oxygen atoms in total. The topological polar surface area (TPSA) is 242 Å². The summed E-state index contributed by atoms with van der Waals surface area (Å²) in [6, 6.07) is 1.52. The number of ether oxygens (including phenoxy) is 2. The van der Waals surface area contributed by atoms with Crippen molar-refractivity contribution in [2.75, 3.05) is 31.3 Å². The van der Waals surface area contributed by atoms with Crippen molar-refractivity contribution in [1.29, 1.82) is 0 Å². The Hall–Kier alpha value is -2.52. The van der Waals surface area contributed by atoms with E-state index in [2.05, 4.69) is 24.9 Å². The smallest absolute Gasteiger partial charge is 0.325 e. The zero-order valence-electron chi connectivity index (χ0n) is 22.2. The number of nitrogens with two attached hydrogens (primary N) is 2. The summed E-state index contributed by atoms with van der Waals surface area (Å²) in [5, 5.41) is 0.378. The fourth-order valence-corrected chi connectivity index (χ4v) is 8.36. The number of nitrogen functional groups attached to an aromatic ring is 2. The number of aromatic nitrogens is 7. The molecular weight excluding hydrogens is 667 g/mol. The van der Waals surface area contributed by atoms with Gasteiger partial charge in [-0.05, 0) is 29.7 Å². The average molecular weight is 692 g/mol. The first-order valence-electron chi connectivity index (χ1n) is 12.9. The minimum atomic E-state index is -4.18. The SMILES string of the molecule is Nc1nc2c(ncn2[C@@H]2O[C@@H]3COP(O)(=S)O[C@@H]4[C@@H](COP(O)(=S)O[C@@H]2C3)OC[C@@]4(F)n2ccc3c(N)ncnc32)c(=O)[nH]1. The number of imidazole rings is 1. The average Bonchev–Trinajstić information content (AvgIpc) is 3.72. The minimum absolute atomic E-state index is 0.0154. The van der Waals surface area contributed by atoms with Gasteiger partial charge in [-0.1, -0.05) is 0 Å². The third kappa shape index (κ3) is 5.25. The van der Waals surface area contributed by atoms with Gasteiger partial charge in [0.2, 0.25) is 11.7 Å². The predicted molar refractivity (Wildman–Crippen MR) is 157 cm³/mol. The number of nitrogens with one attached hydrogen (secondary N) is 1. The van der Waals surface area contributed by atoms with Gasteiger partial charge in [-0.2, -0.15) is 4.98 Å². The van der Waals surface area contributed by atoms with Gasteiger partial charge in [-0.3, -0.25) is 23.4 Å². The molecule has 7 N–H and O–H groups in total. The molecule has 0 spiro atoms. The van der Waals surface area contributed by atoms with E-state index in [1.807, 2.05) is 0 Å². The number of hydrogen-bond donors (Lipinski definition) is 5. The van der Waals surface area contributed by atoms with Crippen LogP contribution in [0.2, 0.25) is 0 Å². The number of halogens is 1. The molecule has 8 atom stereocenters. The van der Waals surface area contributed by atoms with Crippen LogP contribution in [0.4, 0.5) is 16.2 Å². The van der Waals surface area contributed by atoms with Crippen LogP contribution in [0.1, 0.15) is 12.6 Å². The molecule has 0 aliphatic carbocycles. The number of alkyl halides is 1. The van der Waals surface area contributed by atoms with E-state index in [1.165, 1.54) is 29.5 Å². The zero-order valence-corrected chi connectivity index (χ0v) is 25.6. The molecule has 236 valence electrons. The first-order valence-corrected chi connectivity index (χ1v) is 18.1. The van der Waals surface area contributed by atoms with E-state index in [1.54, 1.807) is 0 Å². The Bertz CT molecular complexity index is 1930. The molecular formula is C21H24FN9O9P2S2. The molecule has 3 aliphatic heterocycles. The number of hydrogen-bond acceptors (Lipinski definition) is 15. The molecule has 2 unspecified atom stereocenters. The highest BCUT2D eigenvalue weighted by molar-refractivity contribution is 8.07. The van der Waals surface area contributed by atoms with Crippen molar-refractivity contribution < 1.29 is 41.7 Å². The van der Waals surface area contributed by atoms with E-state index in [0.29, 0.717) is 5.39 Å². The molecule has 44 heavy (non-hydrogen) atoms. The van der Waals surface area contributed by atoms with Gasteiger partial charge >= 0.3 is 13.4 Å². The van der Waals surface area contributed by atoms with E-state index in [0.717, 1.165) is 4.57 Å². The van der Waals surface area contributed by atoms with Crippen molar-refractivity contribution >= 4 is 71.0 Å². The maximum absolute atomic E-state index is 16.9. The normalized spacial score (nSPS) is 36.6. The molecule has 4 aromatic heterocycles. The van der Waals surface area contributed by atoms with Crippen LogP contribution in [-0.2, 0) is 57.0 Å². The molecule has 7 rings (SSSR count). The maximum Gasteiger partial charge on any atom is 0.325 e. The summed E-state index contributed by atoms with van der Waals surface area (Å²) >= 11 is 10.6. The Kier molecular flexibility index (Phi) is 7.39. The Morgan fingerprint density at radius 1 is 1.09 bits per heavy atom. The number of anilines is 2. The van der Waals surface area contributed by atoms with Gasteiger partial charge in [0, 0.05) is 12.6 Å². The van der Waals surface area contributed by atoms with E-state index in [4.69, 9.17) is 62.6 Å². The lowest BCUT2D eigenvalue weighted by atomic mass is 10.1. The molecule has 3 saturated heterocycles. The highest BCUT2D eigenvalue weighted by Crippen LogP contribution is 2.55. The Labute approximate surface area is 255 Å². The first-order chi connectivity index (χ1) is 20.8. The van der Waals surface area contributed by atoms with Crippen LogP contribution in [0.3, 0.4) is 0 Å². The summed E-state index contributed by atoms with van der Waals surface area (Å²) in [6.07, 6.45) is -1.76. The van der Waals surface area contributed by atoms with Crippen molar-refractivity contribution in [2.24, 2.45) is 0 Å². The lowest BCUT2D eigenvalue weighted by Gasteiger charge is -2.32. The first kappa shape index (κ1) is 30.2. The Balaban J connectivity index is 1.21. The predicted octanol–water partition coefficient (Wildman–Crippen LogP) is 0.288. The second-order valence-electron chi connectivity index (χ2n) is 10.2. The molecule has 23 heteroatoms. The lowest BCUT2D eigenvalue weighted by Crippen LogP contribution is -2.45. The second kappa shape index (κ2) is 10.8. The van der Waals surface area contributed by atoms with Crippen LogP contribution in [-0.4, -0.2) is 88.1 Å². The van der Waals surface area contributed by atoms with Crippen molar-refractivity contribution in [3.05, 3.63) is 35.3 Å². The van der Waals surface area contributed by atoms with Gasteiger partial charge < -0.3 is 44.3 Å². The van der Waals surface area contributed by atoms with E-state index < -0.39 is 68.6 Å². The second-order valence-corrected chi connectivity index (χ2v) is 15.8. The number of nitrogens with zero attached hydrogens (tertiary/aromatic N) is 6. The van der Waals surface area contributed by atoms with Gasteiger partial charge in [-0.15, -0.1) is 0 Å². The number of H-pyrrole nitrogens is 1. The molecule has 2 bridgehead atoms. The molecule has 4 aromatic rings. The Morgan fingerprint density at radius 2 is 1.86 bits per heavy atom. The fourth-order valence-electron chi connectivity index (χ4n) is 5.45. The molecule has 0 aromatic carbocycles. The quantitative estimate of drug-likeness (QED) is 0.177. The van der Waals surface area contributed by atoms with E-state index >= 15 is 4.39 Å². The van der Waals surface area contributed by atoms with E-state index in [9.17, 15) is 14.6 Å². The summed E-state index contributed by atoms with van der Waals surface area (Å²) in [5.74, 6) is -2.51. The van der Waals surface area contributed by atoms with Crippen LogP contribution in [0.25, 0.3) is 22.2 Å². The Morgan fingerprint density at radius 3 is 2.68 bits per heavy atom. The summed E-state index contributed by atoms with van der Waals surface area (Å²) in [6.45, 7) is -9.66. The van der Waals surface area contributed by atoms with Gasteiger partial charge in [0.1, 0.15) is 36.6 Å². The maximum atomic E-state index is 16.9. The fraction of sp³-hybridized carbons (Fsp3) is 0.476. The van der Waals surface area contributed by atoms with Crippen LogP contribution in [0, 0.1) is 0 Å². The highest BCUT2D eigenvalue weighted by atomic mass is 32.5. The standard InChI is InChI=1S/C21H24FN9O9P2S2/c22-21(31-2-1-10-15(23)25-7-26-16(10)31)6-35-12-5-37-41(33,43)39-11-3-9(4-36-42(34,44)40-14(12)21)38-19(11)30-8-27-13-17(30)28-20(24)29-18(13)32/h1-2,7-9,11-12,14,19H,3-6H2,(H,33,43)(H,34,44)(H2,23,25,26)(H3,24,28,29,32)/t9-,11+,12+,14+,19+,21+,41?,42?/m0/s1. The largest absolute Gasteiger partial charge is 0.383 e. The monoisotopic (exact) mass is 691 g/mol. The summed E-state index contributed by atoms with van der Waals surface area (Å²) < 4.78 is 54.1. The van der Waals surface area contributed by atoms with Crippen molar-refractivity contribution in [1.82, 2.24) is 34.1 Å². The number of fused-ring (bicyclic) bond motifs is 5. The molecule has 0 amide bonds. The third-order valence-corrected chi connectivity index (χ3v) is 10.5. The van der Waals surface area contributed by atoms with Crippen molar-refractivity contribution in [3.63, 3.8) is 0 Å². The summed E-state index contributed by atoms with van der Waals surface area (Å²) in [7, 11) is 0.